The maximum atomic E-state index is 15.4. The van der Waals surface area contributed by atoms with Gasteiger partial charge >= 0.3 is 0 Å². The molecule has 1 aliphatic rings. The molecule has 3 rings (SSSR count). The summed E-state index contributed by atoms with van der Waals surface area (Å²) >= 11 is 1.35. The van der Waals surface area contributed by atoms with Crippen molar-refractivity contribution >= 4 is 17.2 Å². The van der Waals surface area contributed by atoms with E-state index in [1.807, 2.05) is 32.9 Å². The molecule has 7 heteroatoms. The topological polar surface area (TPSA) is 78.1 Å². The second kappa shape index (κ2) is 7.83. The summed E-state index contributed by atoms with van der Waals surface area (Å²) in [6.07, 6.45) is 4.60. The third-order valence-electron chi connectivity index (χ3n) is 5.08. The Morgan fingerprint density at radius 2 is 2.00 bits per heavy atom. The van der Waals surface area contributed by atoms with E-state index in [1.54, 1.807) is 19.3 Å². The summed E-state index contributed by atoms with van der Waals surface area (Å²) in [5.41, 5.74) is 7.24. The molecule has 28 heavy (non-hydrogen) atoms. The average molecular weight is 402 g/mol. The summed E-state index contributed by atoms with van der Waals surface area (Å²) in [6, 6.07) is 3.97. The van der Waals surface area contributed by atoms with Crippen LogP contribution in [0, 0.1) is 13.8 Å². The monoisotopic (exact) mass is 401 g/mol. The van der Waals surface area contributed by atoms with Gasteiger partial charge in [0.15, 0.2) is 0 Å². The van der Waals surface area contributed by atoms with Crippen LogP contribution in [0.15, 0.2) is 35.9 Å². The lowest BCUT2D eigenvalue weighted by atomic mass is 9.73. The first-order valence-corrected chi connectivity index (χ1v) is 9.98. The molecule has 0 saturated heterocycles. The lowest BCUT2D eigenvalue weighted by Crippen LogP contribution is -2.41. The summed E-state index contributed by atoms with van der Waals surface area (Å²) in [5.74, 6) is 0.0923. The van der Waals surface area contributed by atoms with Gasteiger partial charge in [-0.05, 0) is 43.5 Å². The van der Waals surface area contributed by atoms with Gasteiger partial charge in [0.2, 0.25) is 5.91 Å². The first-order chi connectivity index (χ1) is 13.3. The number of nitrogens with zero attached hydrogens (tertiary/aromatic N) is 2. The highest BCUT2D eigenvalue weighted by molar-refractivity contribution is 7.14. The van der Waals surface area contributed by atoms with Crippen LogP contribution in [0.25, 0.3) is 10.6 Å². The molecule has 0 bridgehead atoms. The number of methoxy groups -OCH3 is 1. The summed E-state index contributed by atoms with van der Waals surface area (Å²) in [5, 5.41) is 9.89. The number of aryl methyl sites for hydroxylation is 2. The number of hydrogen-bond acceptors (Lipinski definition) is 5. The smallest absolute Gasteiger partial charge is 0.247 e. The quantitative estimate of drug-likeness (QED) is 0.787. The minimum atomic E-state index is -1.55. The molecule has 148 valence electrons. The second-order valence-corrected chi connectivity index (χ2v) is 8.03. The minimum absolute atomic E-state index is 0.0242. The SMILES string of the molecule is CCCC1(c2nnc(-c3cc(C)c(OC)c(C)c3)s2)C=CC=C(C(N)=O)C1F. The van der Waals surface area contributed by atoms with Crippen LogP contribution in [-0.2, 0) is 10.2 Å². The highest BCUT2D eigenvalue weighted by Crippen LogP contribution is 2.44. The third-order valence-corrected chi connectivity index (χ3v) is 6.24. The lowest BCUT2D eigenvalue weighted by molar-refractivity contribution is -0.115. The van der Waals surface area contributed by atoms with Gasteiger partial charge in [0.1, 0.15) is 21.9 Å². The molecule has 2 N–H and O–H groups in total. The predicted molar refractivity (Wildman–Crippen MR) is 109 cm³/mol. The maximum absolute atomic E-state index is 15.4. The van der Waals surface area contributed by atoms with Crippen molar-refractivity contribution in [3.05, 3.63) is 52.1 Å². The Morgan fingerprint density at radius 3 is 2.57 bits per heavy atom. The number of hydrogen-bond donors (Lipinski definition) is 1. The Morgan fingerprint density at radius 1 is 1.32 bits per heavy atom. The number of carbonyl (C=O) groups excluding carboxylic acids is 1. The minimum Gasteiger partial charge on any atom is -0.496 e. The molecule has 1 aromatic heterocycles. The standard InChI is InChI=1S/C21H24FN3O2S/c1-5-8-21(9-6-7-15(17(21)22)18(23)26)20-25-24-19(28-20)14-10-12(2)16(27-4)13(3)11-14/h6-7,9-11,17H,5,8H2,1-4H3,(H2,23,26). The van der Waals surface area contributed by atoms with E-state index < -0.39 is 17.5 Å². The number of alkyl halides is 1. The van der Waals surface area contributed by atoms with E-state index >= 15 is 4.39 Å². The van der Waals surface area contributed by atoms with Crippen LogP contribution >= 0.6 is 11.3 Å². The zero-order chi connectivity index (χ0) is 20.5. The molecule has 0 saturated carbocycles. The molecule has 5 nitrogen and oxygen atoms in total. The van der Waals surface area contributed by atoms with E-state index in [-0.39, 0.29) is 5.57 Å². The molecule has 2 atom stereocenters. The Bertz CT molecular complexity index is 943. The first kappa shape index (κ1) is 20.2. The van der Waals surface area contributed by atoms with Crippen LogP contribution in [0.2, 0.25) is 0 Å². The fraction of sp³-hybridized carbons (Fsp3) is 0.381. The number of aromatic nitrogens is 2. The predicted octanol–water partition coefficient (Wildman–Crippen LogP) is 4.19. The highest BCUT2D eigenvalue weighted by Gasteiger charge is 2.45. The van der Waals surface area contributed by atoms with Crippen LogP contribution in [-0.4, -0.2) is 29.4 Å². The molecule has 0 fully saturated rings. The van der Waals surface area contributed by atoms with Gasteiger partial charge in [0, 0.05) is 5.56 Å². The van der Waals surface area contributed by atoms with Crippen LogP contribution < -0.4 is 10.5 Å². The van der Waals surface area contributed by atoms with Crippen LogP contribution in [0.4, 0.5) is 4.39 Å². The highest BCUT2D eigenvalue weighted by atomic mass is 32.1. The van der Waals surface area contributed by atoms with Gasteiger partial charge in [-0.25, -0.2) is 4.39 Å². The van der Waals surface area contributed by atoms with Crippen molar-refractivity contribution in [2.24, 2.45) is 5.73 Å². The summed E-state index contributed by atoms with van der Waals surface area (Å²) in [4.78, 5) is 11.7. The van der Waals surface area contributed by atoms with E-state index in [0.29, 0.717) is 16.4 Å². The molecule has 0 radical (unpaired) electrons. The largest absolute Gasteiger partial charge is 0.496 e. The normalized spacial score (nSPS) is 21.5. The molecule has 1 heterocycles. The average Bonchev–Trinajstić information content (AvgIpc) is 3.14. The van der Waals surface area contributed by atoms with E-state index in [4.69, 9.17) is 10.5 Å². The van der Waals surface area contributed by atoms with Crippen molar-refractivity contribution in [1.29, 1.82) is 0 Å². The summed E-state index contributed by atoms with van der Waals surface area (Å²) in [7, 11) is 1.65. The Balaban J connectivity index is 2.05. The zero-order valence-corrected chi connectivity index (χ0v) is 17.3. The number of amides is 1. The molecule has 2 unspecified atom stereocenters. The van der Waals surface area contributed by atoms with Crippen molar-refractivity contribution in [3.63, 3.8) is 0 Å². The van der Waals surface area contributed by atoms with E-state index in [0.717, 1.165) is 28.9 Å². The van der Waals surface area contributed by atoms with Crippen LogP contribution in [0.5, 0.6) is 5.75 Å². The molecule has 2 aromatic rings. The number of ether oxygens (including phenoxy) is 1. The Labute approximate surface area is 168 Å². The van der Waals surface area contributed by atoms with Crippen molar-refractivity contribution in [2.45, 2.75) is 45.2 Å². The zero-order valence-electron chi connectivity index (χ0n) is 16.5. The van der Waals surface area contributed by atoms with Gasteiger partial charge in [0.05, 0.1) is 18.1 Å². The molecule has 1 amide bonds. The van der Waals surface area contributed by atoms with Crippen molar-refractivity contribution in [3.8, 4) is 16.3 Å². The molecule has 1 aliphatic carbocycles. The van der Waals surface area contributed by atoms with Gasteiger partial charge in [-0.15, -0.1) is 10.2 Å². The van der Waals surface area contributed by atoms with Gasteiger partial charge in [0.25, 0.3) is 0 Å². The maximum Gasteiger partial charge on any atom is 0.247 e. The summed E-state index contributed by atoms with van der Waals surface area (Å²) in [6.45, 7) is 5.92. The third kappa shape index (κ3) is 3.35. The van der Waals surface area contributed by atoms with Crippen LogP contribution in [0.1, 0.15) is 35.9 Å². The molecular weight excluding hydrogens is 377 g/mol. The van der Waals surface area contributed by atoms with Gasteiger partial charge in [-0.1, -0.05) is 42.9 Å². The molecule has 0 spiro atoms. The number of nitrogens with two attached hydrogens (primary N) is 1. The van der Waals surface area contributed by atoms with Crippen molar-refractivity contribution in [1.82, 2.24) is 10.2 Å². The van der Waals surface area contributed by atoms with E-state index in [9.17, 15) is 4.79 Å². The van der Waals surface area contributed by atoms with E-state index in [1.165, 1.54) is 17.4 Å². The van der Waals surface area contributed by atoms with Gasteiger partial charge in [-0.2, -0.15) is 0 Å². The van der Waals surface area contributed by atoms with Crippen LogP contribution in [0.3, 0.4) is 0 Å². The summed E-state index contributed by atoms with van der Waals surface area (Å²) < 4.78 is 20.9. The second-order valence-electron chi connectivity index (χ2n) is 7.05. The Kier molecular flexibility index (Phi) is 5.65. The number of carbonyl (C=O) groups is 1. The number of halogens is 1. The molecule has 0 aliphatic heterocycles. The number of allylic oxidation sites excluding steroid dienone is 3. The lowest BCUT2D eigenvalue weighted by Gasteiger charge is -2.34. The van der Waals surface area contributed by atoms with Gasteiger partial charge in [-0.3, -0.25) is 4.79 Å². The van der Waals surface area contributed by atoms with Crippen molar-refractivity contribution < 1.29 is 13.9 Å². The first-order valence-electron chi connectivity index (χ1n) is 9.17. The Hall–Kier alpha value is -2.54. The fourth-order valence-corrected chi connectivity index (χ4v) is 4.86. The number of rotatable bonds is 6. The molecule has 1 aromatic carbocycles. The fourth-order valence-electron chi connectivity index (χ4n) is 3.81. The number of benzene rings is 1. The van der Waals surface area contributed by atoms with Crippen molar-refractivity contribution in [2.75, 3.05) is 7.11 Å². The number of primary amides is 1. The van der Waals surface area contributed by atoms with Gasteiger partial charge < -0.3 is 10.5 Å². The van der Waals surface area contributed by atoms with E-state index in [2.05, 4.69) is 10.2 Å². The molecular formula is C21H24FN3O2S.